The van der Waals surface area contributed by atoms with Gasteiger partial charge in [0.15, 0.2) is 0 Å². The van der Waals surface area contributed by atoms with Crippen LogP contribution in [-0.4, -0.2) is 30.7 Å². The predicted octanol–water partition coefficient (Wildman–Crippen LogP) is 1.90. The fourth-order valence-corrected chi connectivity index (χ4v) is 2.78. The fraction of sp³-hybridized carbons (Fsp3) is 0.364. The molecule has 0 bridgehead atoms. The molecular formula is C11H13NO2S. The molecule has 1 heterocycles. The van der Waals surface area contributed by atoms with Gasteiger partial charge in [-0.05, 0) is 17.7 Å². The fourth-order valence-electron chi connectivity index (χ4n) is 1.58. The summed E-state index contributed by atoms with van der Waals surface area (Å²) in [4.78, 5) is 13.1. The summed E-state index contributed by atoms with van der Waals surface area (Å²) in [6.45, 7) is 0. The Bertz CT molecular complexity index is 363. The number of carbonyl (C=O) groups excluding carboxylic acids is 1. The van der Waals surface area contributed by atoms with Crippen LogP contribution in [0.5, 0.6) is 5.75 Å². The van der Waals surface area contributed by atoms with E-state index in [4.69, 9.17) is 4.74 Å². The highest BCUT2D eigenvalue weighted by Gasteiger charge is 2.29. The number of carbonyl (C=O) groups is 1. The van der Waals surface area contributed by atoms with Crippen molar-refractivity contribution in [3.8, 4) is 5.75 Å². The standard InChI is InChI=1S/C11H13NO2S/c1-12-10(13)7-15-11(12)8-3-5-9(14-2)6-4-8/h3-6,11H,7H2,1-2H3/t11-/m0/s1. The highest BCUT2D eigenvalue weighted by atomic mass is 32.2. The van der Waals surface area contributed by atoms with Crippen molar-refractivity contribution in [1.29, 1.82) is 0 Å². The number of amides is 1. The van der Waals surface area contributed by atoms with Gasteiger partial charge in [0.25, 0.3) is 0 Å². The quantitative estimate of drug-likeness (QED) is 0.767. The van der Waals surface area contributed by atoms with E-state index in [9.17, 15) is 4.79 Å². The number of thioether (sulfide) groups is 1. The number of hydrogen-bond acceptors (Lipinski definition) is 3. The molecule has 0 spiro atoms. The zero-order chi connectivity index (χ0) is 10.8. The number of benzene rings is 1. The molecule has 3 nitrogen and oxygen atoms in total. The molecule has 0 unspecified atom stereocenters. The van der Waals surface area contributed by atoms with Crippen molar-refractivity contribution >= 4 is 17.7 Å². The molecular weight excluding hydrogens is 210 g/mol. The molecule has 0 N–H and O–H groups in total. The van der Waals surface area contributed by atoms with E-state index in [1.54, 1.807) is 23.8 Å². The molecule has 2 rings (SSSR count). The Morgan fingerprint density at radius 2 is 2.07 bits per heavy atom. The molecule has 4 heteroatoms. The average molecular weight is 223 g/mol. The summed E-state index contributed by atoms with van der Waals surface area (Å²) in [6, 6.07) is 7.86. The molecule has 0 saturated carbocycles. The molecule has 0 aromatic heterocycles. The van der Waals surface area contributed by atoms with E-state index in [1.807, 2.05) is 31.3 Å². The van der Waals surface area contributed by atoms with Gasteiger partial charge in [0.2, 0.25) is 5.91 Å². The second-order valence-corrected chi connectivity index (χ2v) is 4.51. The Morgan fingerprint density at radius 1 is 1.40 bits per heavy atom. The van der Waals surface area contributed by atoms with Crippen molar-refractivity contribution in [3.63, 3.8) is 0 Å². The van der Waals surface area contributed by atoms with E-state index < -0.39 is 0 Å². The first-order chi connectivity index (χ1) is 7.22. The van der Waals surface area contributed by atoms with Crippen LogP contribution < -0.4 is 4.74 Å². The Hall–Kier alpha value is -1.16. The van der Waals surface area contributed by atoms with Crippen LogP contribution in [0.4, 0.5) is 0 Å². The first-order valence-corrected chi connectivity index (χ1v) is 5.78. The van der Waals surface area contributed by atoms with Gasteiger partial charge < -0.3 is 9.64 Å². The van der Waals surface area contributed by atoms with Crippen LogP contribution in [0.1, 0.15) is 10.9 Å². The minimum absolute atomic E-state index is 0.156. The molecule has 1 atom stereocenters. The normalized spacial score (nSPS) is 20.8. The Labute approximate surface area is 93.4 Å². The van der Waals surface area contributed by atoms with E-state index >= 15 is 0 Å². The van der Waals surface area contributed by atoms with Crippen LogP contribution in [0.15, 0.2) is 24.3 Å². The molecule has 15 heavy (non-hydrogen) atoms. The highest BCUT2D eigenvalue weighted by Crippen LogP contribution is 2.37. The number of methoxy groups -OCH3 is 1. The molecule has 1 aliphatic rings. The van der Waals surface area contributed by atoms with Crippen LogP contribution in [0.3, 0.4) is 0 Å². The van der Waals surface area contributed by atoms with Crippen molar-refractivity contribution in [3.05, 3.63) is 29.8 Å². The van der Waals surface area contributed by atoms with E-state index in [0.717, 1.165) is 11.3 Å². The first-order valence-electron chi connectivity index (χ1n) is 4.73. The highest BCUT2D eigenvalue weighted by molar-refractivity contribution is 8.00. The van der Waals surface area contributed by atoms with Gasteiger partial charge in [0.1, 0.15) is 11.1 Å². The molecule has 0 aliphatic carbocycles. The summed E-state index contributed by atoms with van der Waals surface area (Å²) < 4.78 is 5.09. The van der Waals surface area contributed by atoms with E-state index in [0.29, 0.717) is 5.75 Å². The largest absolute Gasteiger partial charge is 0.497 e. The minimum atomic E-state index is 0.156. The van der Waals surface area contributed by atoms with Gasteiger partial charge in [0.05, 0.1) is 12.9 Å². The second kappa shape index (κ2) is 4.14. The SMILES string of the molecule is COc1ccc([C@@H]2SCC(=O)N2C)cc1. The lowest BCUT2D eigenvalue weighted by molar-refractivity contribution is -0.126. The second-order valence-electron chi connectivity index (χ2n) is 3.44. The predicted molar refractivity (Wildman–Crippen MR) is 61.0 cm³/mol. The van der Waals surface area contributed by atoms with Gasteiger partial charge in [-0.3, -0.25) is 4.79 Å². The van der Waals surface area contributed by atoms with Crippen LogP contribution in [0, 0.1) is 0 Å². The maximum absolute atomic E-state index is 11.4. The zero-order valence-electron chi connectivity index (χ0n) is 8.77. The topological polar surface area (TPSA) is 29.5 Å². The monoisotopic (exact) mass is 223 g/mol. The van der Waals surface area contributed by atoms with Gasteiger partial charge in [-0.2, -0.15) is 0 Å². The number of hydrogen-bond donors (Lipinski definition) is 0. The maximum atomic E-state index is 11.4. The van der Waals surface area contributed by atoms with Crippen LogP contribution in [0.25, 0.3) is 0 Å². The molecule has 1 amide bonds. The van der Waals surface area contributed by atoms with Crippen molar-refractivity contribution in [1.82, 2.24) is 4.90 Å². The summed E-state index contributed by atoms with van der Waals surface area (Å²) in [5, 5.41) is 0.156. The van der Waals surface area contributed by atoms with E-state index in [1.165, 1.54) is 0 Å². The summed E-state index contributed by atoms with van der Waals surface area (Å²) in [5.41, 5.74) is 1.15. The molecule has 1 fully saturated rings. The van der Waals surface area contributed by atoms with E-state index in [-0.39, 0.29) is 11.3 Å². The van der Waals surface area contributed by atoms with Gasteiger partial charge >= 0.3 is 0 Å². The molecule has 1 aromatic carbocycles. The maximum Gasteiger partial charge on any atom is 0.233 e. The Balaban J connectivity index is 2.19. The average Bonchev–Trinajstić information content (AvgIpc) is 2.60. The third-order valence-corrected chi connectivity index (χ3v) is 3.83. The molecule has 1 aromatic rings. The van der Waals surface area contributed by atoms with Gasteiger partial charge in [-0.15, -0.1) is 11.8 Å². The van der Waals surface area contributed by atoms with Gasteiger partial charge in [0, 0.05) is 7.05 Å². The van der Waals surface area contributed by atoms with Gasteiger partial charge in [-0.1, -0.05) is 12.1 Å². The lowest BCUT2D eigenvalue weighted by Gasteiger charge is -2.19. The smallest absolute Gasteiger partial charge is 0.233 e. The van der Waals surface area contributed by atoms with E-state index in [2.05, 4.69) is 0 Å². The van der Waals surface area contributed by atoms with Crippen molar-refractivity contribution in [2.45, 2.75) is 5.37 Å². The zero-order valence-corrected chi connectivity index (χ0v) is 9.58. The van der Waals surface area contributed by atoms with Gasteiger partial charge in [-0.25, -0.2) is 0 Å². The lowest BCUT2D eigenvalue weighted by Crippen LogP contribution is -2.22. The molecule has 80 valence electrons. The van der Waals surface area contributed by atoms with Crippen LogP contribution in [-0.2, 0) is 4.79 Å². The number of rotatable bonds is 2. The summed E-state index contributed by atoms with van der Waals surface area (Å²) >= 11 is 1.66. The minimum Gasteiger partial charge on any atom is -0.497 e. The summed E-state index contributed by atoms with van der Waals surface area (Å²) in [6.07, 6.45) is 0. The third-order valence-electron chi connectivity index (χ3n) is 2.51. The van der Waals surface area contributed by atoms with Crippen LogP contribution in [0.2, 0.25) is 0 Å². The molecule has 1 aliphatic heterocycles. The number of ether oxygens (including phenoxy) is 1. The molecule has 0 radical (unpaired) electrons. The Kier molecular flexibility index (Phi) is 2.86. The number of nitrogens with zero attached hydrogens (tertiary/aromatic N) is 1. The summed E-state index contributed by atoms with van der Waals surface area (Å²) in [5.74, 6) is 1.62. The first kappa shape index (κ1) is 10.4. The van der Waals surface area contributed by atoms with Crippen molar-refractivity contribution in [2.24, 2.45) is 0 Å². The summed E-state index contributed by atoms with van der Waals surface area (Å²) in [7, 11) is 3.49. The van der Waals surface area contributed by atoms with Crippen molar-refractivity contribution < 1.29 is 9.53 Å². The molecule has 1 saturated heterocycles. The van der Waals surface area contributed by atoms with Crippen molar-refractivity contribution in [2.75, 3.05) is 19.9 Å². The lowest BCUT2D eigenvalue weighted by atomic mass is 10.2. The Morgan fingerprint density at radius 3 is 2.53 bits per heavy atom. The van der Waals surface area contributed by atoms with Crippen LogP contribution >= 0.6 is 11.8 Å². The third kappa shape index (κ3) is 1.95.